The minimum atomic E-state index is -0.281. The van der Waals surface area contributed by atoms with Gasteiger partial charge in [-0.25, -0.2) is 4.39 Å². The highest BCUT2D eigenvalue weighted by atomic mass is 19.1. The fraction of sp³-hybridized carbons (Fsp3) is 0.444. The molecular formula is C27H33FN2O2. The molecule has 2 aromatic carbocycles. The number of nitrogens with one attached hydrogen (secondary N) is 1. The largest absolute Gasteiger partial charge is 0.370 e. The lowest BCUT2D eigenvalue weighted by molar-refractivity contribution is -0.118. The molecule has 5 heteroatoms. The molecule has 170 valence electrons. The maximum absolute atomic E-state index is 13.0. The molecule has 0 unspecified atom stereocenters. The zero-order chi connectivity index (χ0) is 22.2. The summed E-state index contributed by atoms with van der Waals surface area (Å²) in [5.74, 6) is -0.427. The van der Waals surface area contributed by atoms with E-state index in [0.29, 0.717) is 6.54 Å². The lowest BCUT2D eigenvalue weighted by Gasteiger charge is -2.39. The molecule has 2 aliphatic heterocycles. The molecule has 2 aliphatic rings. The van der Waals surface area contributed by atoms with E-state index in [1.807, 2.05) is 0 Å². The Hall–Kier alpha value is -2.50. The van der Waals surface area contributed by atoms with Crippen molar-refractivity contribution in [2.24, 2.45) is 0 Å². The van der Waals surface area contributed by atoms with Crippen molar-refractivity contribution in [3.8, 4) is 0 Å². The lowest BCUT2D eigenvalue weighted by atomic mass is 9.88. The number of amides is 1. The molecule has 1 N–H and O–H groups in total. The topological polar surface area (TPSA) is 41.6 Å². The third-order valence-electron chi connectivity index (χ3n) is 6.69. The standard InChI is InChI=1S/C27H33FN2O2/c28-24-11-8-23(9-12-24)10-13-26(31)29-21-25-14-15-27(32-25)16-19-30(20-17-27)18-4-7-22-5-2-1-3-6-22/h1-3,5-6,8-13,25H,4,7,14-21H2,(H,29,31)/b13-10+/t25-/m0/s1. The highest BCUT2D eigenvalue weighted by Gasteiger charge is 2.42. The number of aryl methyl sites for hydroxylation is 1. The summed E-state index contributed by atoms with van der Waals surface area (Å²) in [6.07, 6.45) is 9.83. The number of nitrogens with zero attached hydrogens (tertiary/aromatic N) is 1. The van der Waals surface area contributed by atoms with Crippen LogP contribution in [0.4, 0.5) is 4.39 Å². The molecule has 0 bridgehead atoms. The minimum Gasteiger partial charge on any atom is -0.370 e. The predicted octanol–water partition coefficient (Wildman–Crippen LogP) is 4.60. The van der Waals surface area contributed by atoms with Crippen LogP contribution in [0.5, 0.6) is 0 Å². The maximum Gasteiger partial charge on any atom is 0.244 e. The van der Waals surface area contributed by atoms with E-state index < -0.39 is 0 Å². The Kier molecular flexibility index (Phi) is 7.72. The van der Waals surface area contributed by atoms with Gasteiger partial charge in [-0.1, -0.05) is 42.5 Å². The number of carbonyl (C=O) groups is 1. The minimum absolute atomic E-state index is 0.00469. The van der Waals surface area contributed by atoms with E-state index in [0.717, 1.165) is 57.3 Å². The zero-order valence-corrected chi connectivity index (χ0v) is 18.6. The molecule has 2 saturated heterocycles. The number of piperidine rings is 1. The quantitative estimate of drug-likeness (QED) is 0.615. The molecule has 1 amide bonds. The molecule has 0 saturated carbocycles. The second-order valence-electron chi connectivity index (χ2n) is 9.02. The molecule has 1 spiro atoms. The predicted molar refractivity (Wildman–Crippen MR) is 126 cm³/mol. The van der Waals surface area contributed by atoms with Gasteiger partial charge in [-0.05, 0) is 74.4 Å². The molecule has 0 radical (unpaired) electrons. The van der Waals surface area contributed by atoms with Crippen LogP contribution in [0.3, 0.4) is 0 Å². The molecule has 2 heterocycles. The van der Waals surface area contributed by atoms with Crippen molar-refractivity contribution < 1.29 is 13.9 Å². The highest BCUT2D eigenvalue weighted by molar-refractivity contribution is 5.91. The van der Waals surface area contributed by atoms with Crippen LogP contribution in [-0.4, -0.2) is 48.7 Å². The number of halogens is 1. The Morgan fingerprint density at radius 3 is 2.59 bits per heavy atom. The number of rotatable bonds is 8. The Morgan fingerprint density at radius 2 is 1.84 bits per heavy atom. The molecule has 4 nitrogen and oxygen atoms in total. The van der Waals surface area contributed by atoms with E-state index in [9.17, 15) is 9.18 Å². The van der Waals surface area contributed by atoms with Gasteiger partial charge in [-0.15, -0.1) is 0 Å². The first kappa shape index (κ1) is 22.7. The van der Waals surface area contributed by atoms with Gasteiger partial charge in [0.2, 0.25) is 5.91 Å². The second-order valence-corrected chi connectivity index (χ2v) is 9.02. The van der Waals surface area contributed by atoms with Crippen LogP contribution in [-0.2, 0) is 16.0 Å². The van der Waals surface area contributed by atoms with Gasteiger partial charge in [0, 0.05) is 25.7 Å². The van der Waals surface area contributed by atoms with E-state index in [1.54, 1.807) is 18.2 Å². The van der Waals surface area contributed by atoms with Crippen LogP contribution in [0.25, 0.3) is 6.08 Å². The first-order valence-corrected chi connectivity index (χ1v) is 11.8. The van der Waals surface area contributed by atoms with Crippen molar-refractivity contribution in [3.63, 3.8) is 0 Å². The fourth-order valence-electron chi connectivity index (χ4n) is 4.76. The maximum atomic E-state index is 13.0. The van der Waals surface area contributed by atoms with Crippen molar-refractivity contribution >= 4 is 12.0 Å². The van der Waals surface area contributed by atoms with Crippen molar-refractivity contribution in [3.05, 3.63) is 77.6 Å². The number of benzene rings is 2. The summed E-state index contributed by atoms with van der Waals surface area (Å²) in [6.45, 7) is 3.86. The number of carbonyl (C=O) groups excluding carboxylic acids is 1. The summed E-state index contributed by atoms with van der Waals surface area (Å²) < 4.78 is 19.4. The van der Waals surface area contributed by atoms with Gasteiger partial charge in [0.05, 0.1) is 11.7 Å². The Bertz CT molecular complexity index is 890. The first-order chi connectivity index (χ1) is 15.6. The van der Waals surface area contributed by atoms with Crippen LogP contribution in [0.15, 0.2) is 60.7 Å². The van der Waals surface area contributed by atoms with E-state index in [2.05, 4.69) is 40.5 Å². The monoisotopic (exact) mass is 436 g/mol. The lowest BCUT2D eigenvalue weighted by Crippen LogP contribution is -2.45. The number of hydrogen-bond acceptors (Lipinski definition) is 3. The summed E-state index contributed by atoms with van der Waals surface area (Å²) in [7, 11) is 0. The fourth-order valence-corrected chi connectivity index (χ4v) is 4.76. The summed E-state index contributed by atoms with van der Waals surface area (Å²) in [4.78, 5) is 14.7. The smallest absolute Gasteiger partial charge is 0.244 e. The molecule has 4 rings (SSSR count). The molecular weight excluding hydrogens is 403 g/mol. The summed E-state index contributed by atoms with van der Waals surface area (Å²) in [5.41, 5.74) is 2.21. The van der Waals surface area contributed by atoms with Crippen LogP contribution in [0.2, 0.25) is 0 Å². The molecule has 2 fully saturated rings. The van der Waals surface area contributed by atoms with Crippen molar-refractivity contribution in [1.29, 1.82) is 0 Å². The van der Waals surface area contributed by atoms with E-state index in [1.165, 1.54) is 30.2 Å². The van der Waals surface area contributed by atoms with Gasteiger partial charge >= 0.3 is 0 Å². The average Bonchev–Trinajstić information content (AvgIpc) is 3.22. The first-order valence-electron chi connectivity index (χ1n) is 11.8. The van der Waals surface area contributed by atoms with Crippen molar-refractivity contribution in [1.82, 2.24) is 10.2 Å². The summed E-state index contributed by atoms with van der Waals surface area (Å²) in [5, 5.41) is 2.95. The van der Waals surface area contributed by atoms with Gasteiger partial charge in [-0.3, -0.25) is 4.79 Å². The molecule has 1 atom stereocenters. The van der Waals surface area contributed by atoms with Gasteiger partial charge in [0.25, 0.3) is 0 Å². The Balaban J connectivity index is 1.14. The normalized spacial score (nSPS) is 20.7. The molecule has 32 heavy (non-hydrogen) atoms. The van der Waals surface area contributed by atoms with Crippen LogP contribution in [0, 0.1) is 5.82 Å². The van der Waals surface area contributed by atoms with Crippen LogP contribution < -0.4 is 5.32 Å². The van der Waals surface area contributed by atoms with Gasteiger partial charge in [-0.2, -0.15) is 0 Å². The number of hydrogen-bond donors (Lipinski definition) is 1. The molecule has 0 aromatic heterocycles. The highest BCUT2D eigenvalue weighted by Crippen LogP contribution is 2.38. The molecule has 0 aliphatic carbocycles. The SMILES string of the molecule is O=C(/C=C/c1ccc(F)cc1)NC[C@@H]1CCC2(CCN(CCCc3ccccc3)CC2)O1. The van der Waals surface area contributed by atoms with Gasteiger partial charge in [0.1, 0.15) is 5.82 Å². The summed E-state index contributed by atoms with van der Waals surface area (Å²) >= 11 is 0. The third kappa shape index (κ3) is 6.50. The number of ether oxygens (including phenoxy) is 1. The van der Waals surface area contributed by atoms with Gasteiger partial charge < -0.3 is 15.0 Å². The Morgan fingerprint density at radius 1 is 1.09 bits per heavy atom. The van der Waals surface area contributed by atoms with Crippen LogP contribution in [0.1, 0.15) is 43.2 Å². The van der Waals surface area contributed by atoms with E-state index in [4.69, 9.17) is 4.74 Å². The zero-order valence-electron chi connectivity index (χ0n) is 18.6. The van der Waals surface area contributed by atoms with E-state index in [-0.39, 0.29) is 23.4 Å². The van der Waals surface area contributed by atoms with Gasteiger partial charge in [0.15, 0.2) is 0 Å². The van der Waals surface area contributed by atoms with Crippen molar-refractivity contribution in [2.75, 3.05) is 26.2 Å². The van der Waals surface area contributed by atoms with Crippen LogP contribution >= 0.6 is 0 Å². The van der Waals surface area contributed by atoms with Crippen molar-refractivity contribution in [2.45, 2.75) is 50.2 Å². The van der Waals surface area contributed by atoms with E-state index >= 15 is 0 Å². The molecule has 2 aromatic rings. The second kappa shape index (κ2) is 10.9. The average molecular weight is 437 g/mol. The third-order valence-corrected chi connectivity index (χ3v) is 6.69. The summed E-state index contributed by atoms with van der Waals surface area (Å²) in [6, 6.07) is 16.8. The number of likely N-dealkylation sites (tertiary alicyclic amines) is 1. The Labute approximate surface area is 190 Å².